The van der Waals surface area contributed by atoms with Crippen LogP contribution >= 0.6 is 0 Å². The first-order chi connectivity index (χ1) is 9.08. The molecule has 98 valence electrons. The molecule has 2 rings (SSSR count). The second-order valence-electron chi connectivity index (χ2n) is 4.49. The Kier molecular flexibility index (Phi) is 3.85. The van der Waals surface area contributed by atoms with Crippen molar-refractivity contribution in [3.63, 3.8) is 0 Å². The van der Waals surface area contributed by atoms with Crippen LogP contribution in [-0.2, 0) is 4.79 Å². The van der Waals surface area contributed by atoms with Crippen molar-refractivity contribution in [2.75, 3.05) is 6.61 Å². The third kappa shape index (κ3) is 3.13. The Balaban J connectivity index is 2.27. The highest BCUT2D eigenvalue weighted by atomic mass is 16.5. The number of carboxylic acid groups (broad SMARTS) is 1. The lowest BCUT2D eigenvalue weighted by Crippen LogP contribution is -2.08. The fraction of sp³-hybridized carbons (Fsp3) is 0.188. The zero-order valence-corrected chi connectivity index (χ0v) is 11.0. The maximum Gasteiger partial charge on any atom is 0.328 e. The van der Waals surface area contributed by atoms with Crippen molar-refractivity contribution in [2.45, 2.75) is 13.8 Å². The van der Waals surface area contributed by atoms with Crippen LogP contribution in [0.15, 0.2) is 53.6 Å². The maximum atomic E-state index is 10.5. The first kappa shape index (κ1) is 13.1. The monoisotopic (exact) mass is 256 g/mol. The number of ether oxygens (including phenoxy) is 1. The number of rotatable bonds is 3. The molecular weight excluding hydrogens is 240 g/mol. The highest BCUT2D eigenvalue weighted by Gasteiger charge is 2.14. The fourth-order valence-electron chi connectivity index (χ4n) is 1.99. The van der Waals surface area contributed by atoms with Crippen molar-refractivity contribution in [2.24, 2.45) is 0 Å². The number of para-hydroxylation sites is 1. The highest BCUT2D eigenvalue weighted by Crippen LogP contribution is 2.32. The lowest BCUT2D eigenvalue weighted by Gasteiger charge is -2.20. The molecule has 0 spiro atoms. The average Bonchev–Trinajstić information content (AvgIpc) is 2.37. The van der Waals surface area contributed by atoms with Gasteiger partial charge in [-0.25, -0.2) is 4.79 Å². The van der Waals surface area contributed by atoms with Gasteiger partial charge >= 0.3 is 5.97 Å². The van der Waals surface area contributed by atoms with Crippen molar-refractivity contribution >= 4 is 11.5 Å². The van der Waals surface area contributed by atoms with Crippen LogP contribution in [0.5, 0.6) is 5.75 Å². The largest absolute Gasteiger partial charge is 0.488 e. The summed E-state index contributed by atoms with van der Waals surface area (Å²) in [5, 5.41) is 8.66. The Bertz CT molecular complexity index is 592. The zero-order chi connectivity index (χ0) is 13.8. The molecule has 0 unspecified atom stereocenters. The molecule has 0 aromatic heterocycles. The molecule has 0 amide bonds. The lowest BCUT2D eigenvalue weighted by molar-refractivity contribution is -0.131. The van der Waals surface area contributed by atoms with Gasteiger partial charge in [0.2, 0.25) is 0 Å². The van der Waals surface area contributed by atoms with Gasteiger partial charge in [0.1, 0.15) is 12.4 Å². The minimum Gasteiger partial charge on any atom is -0.488 e. The maximum absolute atomic E-state index is 10.5. The van der Waals surface area contributed by atoms with E-state index in [1.807, 2.05) is 30.3 Å². The summed E-state index contributed by atoms with van der Waals surface area (Å²) in [6.45, 7) is 4.33. The van der Waals surface area contributed by atoms with Crippen LogP contribution < -0.4 is 4.74 Å². The number of hydrogen-bond acceptors (Lipinski definition) is 2. The number of allylic oxidation sites excluding steroid dienone is 3. The van der Waals surface area contributed by atoms with E-state index in [4.69, 9.17) is 9.84 Å². The van der Waals surface area contributed by atoms with Gasteiger partial charge in [-0.3, -0.25) is 0 Å². The molecule has 0 fully saturated rings. The number of benzene rings is 1. The summed E-state index contributed by atoms with van der Waals surface area (Å²) in [6, 6.07) is 7.91. The van der Waals surface area contributed by atoms with Gasteiger partial charge in [-0.05, 0) is 36.6 Å². The standard InChI is InChI=1S/C16H16O3/c1-11(9-16(17)18)7-8-13-10-19-15-6-4-3-5-14(15)12(13)2/h3-9H,10H2,1-2H3,(H,17,18). The number of carboxylic acids is 1. The minimum absolute atomic E-state index is 0.514. The Morgan fingerprint density at radius 1 is 1.37 bits per heavy atom. The van der Waals surface area contributed by atoms with E-state index in [9.17, 15) is 4.79 Å². The summed E-state index contributed by atoms with van der Waals surface area (Å²) < 4.78 is 5.67. The summed E-state index contributed by atoms with van der Waals surface area (Å²) in [4.78, 5) is 10.5. The van der Waals surface area contributed by atoms with E-state index >= 15 is 0 Å². The SMILES string of the molecule is CC(C=CC1=C(C)c2ccccc2OC1)=CC(=O)O. The molecule has 1 aliphatic heterocycles. The first-order valence-corrected chi connectivity index (χ1v) is 6.09. The van der Waals surface area contributed by atoms with Gasteiger partial charge < -0.3 is 9.84 Å². The Labute approximate surface area is 112 Å². The lowest BCUT2D eigenvalue weighted by atomic mass is 9.98. The zero-order valence-electron chi connectivity index (χ0n) is 11.0. The summed E-state index contributed by atoms with van der Waals surface area (Å²) in [7, 11) is 0. The topological polar surface area (TPSA) is 46.5 Å². The molecule has 3 nitrogen and oxygen atoms in total. The number of hydrogen-bond donors (Lipinski definition) is 1. The van der Waals surface area contributed by atoms with Gasteiger partial charge in [0, 0.05) is 11.6 Å². The normalized spacial score (nSPS) is 15.4. The predicted molar refractivity (Wildman–Crippen MR) is 75.1 cm³/mol. The van der Waals surface area contributed by atoms with E-state index in [0.717, 1.165) is 16.9 Å². The third-order valence-corrected chi connectivity index (χ3v) is 3.05. The van der Waals surface area contributed by atoms with Gasteiger partial charge in [0.25, 0.3) is 0 Å². The summed E-state index contributed by atoms with van der Waals surface area (Å²) in [5.41, 5.74) is 4.03. The molecule has 1 aliphatic rings. The molecule has 1 N–H and O–H groups in total. The van der Waals surface area contributed by atoms with E-state index < -0.39 is 5.97 Å². The molecular formula is C16H16O3. The first-order valence-electron chi connectivity index (χ1n) is 6.09. The molecule has 1 aromatic rings. The minimum atomic E-state index is -0.932. The van der Waals surface area contributed by atoms with Crippen LogP contribution in [-0.4, -0.2) is 17.7 Å². The molecule has 0 radical (unpaired) electrons. The van der Waals surface area contributed by atoms with Crippen molar-refractivity contribution in [1.29, 1.82) is 0 Å². The van der Waals surface area contributed by atoms with Crippen LogP contribution in [0.4, 0.5) is 0 Å². The Morgan fingerprint density at radius 2 is 2.11 bits per heavy atom. The van der Waals surface area contributed by atoms with Crippen LogP contribution in [0, 0.1) is 0 Å². The van der Waals surface area contributed by atoms with Crippen LogP contribution in [0.3, 0.4) is 0 Å². The molecule has 3 heteroatoms. The molecule has 0 aliphatic carbocycles. The molecule has 0 bridgehead atoms. The summed E-state index contributed by atoms with van der Waals surface area (Å²) in [6.07, 6.45) is 4.90. The van der Waals surface area contributed by atoms with Gasteiger partial charge in [-0.1, -0.05) is 30.4 Å². The molecule has 1 heterocycles. The third-order valence-electron chi connectivity index (χ3n) is 3.05. The molecule has 0 saturated heterocycles. The molecule has 0 atom stereocenters. The van der Waals surface area contributed by atoms with E-state index in [-0.39, 0.29) is 0 Å². The van der Waals surface area contributed by atoms with E-state index in [1.54, 1.807) is 13.0 Å². The molecule has 1 aromatic carbocycles. The van der Waals surface area contributed by atoms with Crippen LogP contribution in [0.1, 0.15) is 19.4 Å². The smallest absolute Gasteiger partial charge is 0.328 e. The molecule has 19 heavy (non-hydrogen) atoms. The van der Waals surface area contributed by atoms with E-state index in [2.05, 4.69) is 6.92 Å². The van der Waals surface area contributed by atoms with Gasteiger partial charge in [0.15, 0.2) is 0 Å². The Morgan fingerprint density at radius 3 is 2.84 bits per heavy atom. The Hall–Kier alpha value is -2.29. The number of aliphatic carboxylic acids is 1. The second kappa shape index (κ2) is 5.57. The quantitative estimate of drug-likeness (QED) is 0.665. The second-order valence-corrected chi connectivity index (χ2v) is 4.49. The number of fused-ring (bicyclic) bond motifs is 1. The van der Waals surface area contributed by atoms with Crippen molar-refractivity contribution in [3.8, 4) is 5.75 Å². The van der Waals surface area contributed by atoms with Crippen molar-refractivity contribution in [1.82, 2.24) is 0 Å². The predicted octanol–water partition coefficient (Wildman–Crippen LogP) is 3.44. The van der Waals surface area contributed by atoms with Gasteiger partial charge in [-0.2, -0.15) is 0 Å². The number of carbonyl (C=O) groups is 1. The molecule has 0 saturated carbocycles. The fourth-order valence-corrected chi connectivity index (χ4v) is 1.99. The summed E-state index contributed by atoms with van der Waals surface area (Å²) >= 11 is 0. The van der Waals surface area contributed by atoms with E-state index in [1.165, 1.54) is 11.6 Å². The van der Waals surface area contributed by atoms with Crippen molar-refractivity contribution < 1.29 is 14.6 Å². The van der Waals surface area contributed by atoms with Crippen molar-refractivity contribution in [3.05, 3.63) is 59.2 Å². The van der Waals surface area contributed by atoms with Gasteiger partial charge in [-0.15, -0.1) is 0 Å². The van der Waals surface area contributed by atoms with Gasteiger partial charge in [0.05, 0.1) is 0 Å². The van der Waals surface area contributed by atoms with Crippen LogP contribution in [0.2, 0.25) is 0 Å². The van der Waals surface area contributed by atoms with E-state index in [0.29, 0.717) is 12.2 Å². The highest BCUT2D eigenvalue weighted by molar-refractivity contribution is 5.81. The average molecular weight is 256 g/mol. The summed E-state index contributed by atoms with van der Waals surface area (Å²) in [5.74, 6) is -0.0342. The van der Waals surface area contributed by atoms with Crippen LogP contribution in [0.25, 0.3) is 5.57 Å².